The molecular weight excluding hydrogens is 210 g/mol. The van der Waals surface area contributed by atoms with Gasteiger partial charge in [0.25, 0.3) is 0 Å². The molecule has 80 valence electrons. The lowest BCUT2D eigenvalue weighted by Gasteiger charge is -2.34. The van der Waals surface area contributed by atoms with Crippen LogP contribution in [0.25, 0.3) is 0 Å². The molecule has 2 N–H and O–H groups in total. The normalized spacial score (nSPS) is 25.5. The van der Waals surface area contributed by atoms with Crippen molar-refractivity contribution in [2.75, 3.05) is 13.6 Å². The van der Waals surface area contributed by atoms with Gasteiger partial charge in [-0.3, -0.25) is 4.99 Å². The summed E-state index contributed by atoms with van der Waals surface area (Å²) in [5, 5.41) is 0.761. The molecule has 0 spiro atoms. The minimum Gasteiger partial charge on any atom is -0.370 e. The molecule has 2 rings (SSSR count). The van der Waals surface area contributed by atoms with Gasteiger partial charge in [-0.15, -0.1) is 0 Å². The van der Waals surface area contributed by atoms with Crippen molar-refractivity contribution in [3.63, 3.8) is 0 Å². The molecule has 0 aliphatic carbocycles. The molecule has 1 heterocycles. The molecule has 0 saturated carbocycles. The van der Waals surface area contributed by atoms with E-state index in [9.17, 15) is 0 Å². The van der Waals surface area contributed by atoms with Crippen molar-refractivity contribution < 1.29 is 0 Å². The van der Waals surface area contributed by atoms with Crippen molar-refractivity contribution in [2.45, 2.75) is 12.5 Å². The summed E-state index contributed by atoms with van der Waals surface area (Å²) in [6.45, 7) is 2.75. The number of likely N-dealkylation sites (N-methyl/N-ethyl adjacent to an activating group) is 1. The van der Waals surface area contributed by atoms with Gasteiger partial charge in [0.15, 0.2) is 5.96 Å². The molecule has 15 heavy (non-hydrogen) atoms. The fourth-order valence-electron chi connectivity index (χ4n) is 1.86. The van der Waals surface area contributed by atoms with E-state index >= 15 is 0 Å². The van der Waals surface area contributed by atoms with E-state index in [1.54, 1.807) is 0 Å². The van der Waals surface area contributed by atoms with Crippen LogP contribution in [0.1, 0.15) is 12.5 Å². The van der Waals surface area contributed by atoms with Crippen LogP contribution in [-0.4, -0.2) is 24.5 Å². The van der Waals surface area contributed by atoms with E-state index in [0.29, 0.717) is 12.5 Å². The Kier molecular flexibility index (Phi) is 2.35. The Hall–Kier alpha value is -1.22. The molecule has 1 aromatic carbocycles. The molecule has 3 nitrogen and oxygen atoms in total. The third-order valence-electron chi connectivity index (χ3n) is 3.09. The predicted octanol–water partition coefficient (Wildman–Crippen LogP) is 1.82. The van der Waals surface area contributed by atoms with Crippen molar-refractivity contribution in [3.05, 3.63) is 34.9 Å². The maximum atomic E-state index is 6.19. The van der Waals surface area contributed by atoms with E-state index in [2.05, 4.69) is 11.9 Å². The smallest absolute Gasteiger partial charge is 0.191 e. The third-order valence-corrected chi connectivity index (χ3v) is 3.42. The van der Waals surface area contributed by atoms with Crippen LogP contribution in [0.5, 0.6) is 0 Å². The number of halogens is 1. The fraction of sp³-hybridized carbons (Fsp3) is 0.364. The minimum atomic E-state index is -0.220. The number of guanidine groups is 1. The van der Waals surface area contributed by atoms with E-state index in [-0.39, 0.29) is 5.54 Å². The standard InChI is InChI=1S/C11H14ClN3/c1-11(7-14-10(13)15(11)2)8-5-3-4-6-9(8)12/h3-6H,7H2,1-2H3,(H2,13,14). The summed E-state index contributed by atoms with van der Waals surface area (Å²) in [5.41, 5.74) is 6.62. The van der Waals surface area contributed by atoms with Crippen LogP contribution in [0.15, 0.2) is 29.3 Å². The van der Waals surface area contributed by atoms with Crippen LogP contribution < -0.4 is 5.73 Å². The quantitative estimate of drug-likeness (QED) is 0.789. The van der Waals surface area contributed by atoms with Crippen molar-refractivity contribution in [2.24, 2.45) is 10.7 Å². The number of hydrogen-bond donors (Lipinski definition) is 1. The Morgan fingerprint density at radius 1 is 1.47 bits per heavy atom. The molecule has 4 heteroatoms. The Bertz CT molecular complexity index is 416. The number of rotatable bonds is 1. The number of nitrogens with zero attached hydrogens (tertiary/aromatic N) is 2. The summed E-state index contributed by atoms with van der Waals surface area (Å²) in [7, 11) is 1.94. The Morgan fingerprint density at radius 2 is 2.13 bits per heavy atom. The summed E-state index contributed by atoms with van der Waals surface area (Å²) in [5.74, 6) is 0.567. The van der Waals surface area contributed by atoms with Gasteiger partial charge in [-0.1, -0.05) is 29.8 Å². The molecule has 1 unspecified atom stereocenters. The zero-order valence-corrected chi connectivity index (χ0v) is 9.62. The third kappa shape index (κ3) is 1.47. The second kappa shape index (κ2) is 3.42. The highest BCUT2D eigenvalue weighted by molar-refractivity contribution is 6.31. The summed E-state index contributed by atoms with van der Waals surface area (Å²) in [6, 6.07) is 7.82. The summed E-state index contributed by atoms with van der Waals surface area (Å²) >= 11 is 6.19. The zero-order valence-electron chi connectivity index (χ0n) is 8.87. The van der Waals surface area contributed by atoms with Gasteiger partial charge in [0.2, 0.25) is 0 Å². The summed E-state index contributed by atoms with van der Waals surface area (Å²) in [6.07, 6.45) is 0. The van der Waals surface area contributed by atoms with Crippen LogP contribution >= 0.6 is 11.6 Å². The van der Waals surface area contributed by atoms with Crippen LogP contribution in [0.3, 0.4) is 0 Å². The Balaban J connectivity index is 2.44. The number of hydrogen-bond acceptors (Lipinski definition) is 3. The molecule has 0 fully saturated rings. The van der Waals surface area contributed by atoms with Crippen molar-refractivity contribution >= 4 is 17.6 Å². The Labute approximate surface area is 94.5 Å². The lowest BCUT2D eigenvalue weighted by atomic mass is 9.91. The first-order valence-electron chi connectivity index (χ1n) is 4.84. The molecule has 0 radical (unpaired) electrons. The molecule has 0 aromatic heterocycles. The number of benzene rings is 1. The monoisotopic (exact) mass is 223 g/mol. The molecule has 1 aromatic rings. The summed E-state index contributed by atoms with van der Waals surface area (Å²) < 4.78 is 0. The van der Waals surface area contributed by atoms with Gasteiger partial charge in [0, 0.05) is 12.1 Å². The average Bonchev–Trinajstić information content (AvgIpc) is 2.48. The lowest BCUT2D eigenvalue weighted by Crippen LogP contribution is -2.44. The maximum absolute atomic E-state index is 6.19. The molecule has 1 aliphatic heterocycles. The van der Waals surface area contributed by atoms with Gasteiger partial charge in [-0.05, 0) is 18.6 Å². The minimum absolute atomic E-state index is 0.220. The van der Waals surface area contributed by atoms with Gasteiger partial charge in [-0.2, -0.15) is 0 Å². The van der Waals surface area contributed by atoms with Crippen molar-refractivity contribution in [1.29, 1.82) is 0 Å². The highest BCUT2D eigenvalue weighted by Crippen LogP contribution is 2.35. The van der Waals surface area contributed by atoms with Crippen LogP contribution in [-0.2, 0) is 5.54 Å². The van der Waals surface area contributed by atoms with Gasteiger partial charge >= 0.3 is 0 Å². The van der Waals surface area contributed by atoms with Crippen LogP contribution in [0, 0.1) is 0 Å². The molecule has 0 amide bonds. The molecular formula is C11H14ClN3. The topological polar surface area (TPSA) is 41.6 Å². The van der Waals surface area contributed by atoms with Gasteiger partial charge in [-0.25, -0.2) is 0 Å². The highest BCUT2D eigenvalue weighted by Gasteiger charge is 2.38. The first-order valence-corrected chi connectivity index (χ1v) is 5.22. The zero-order chi connectivity index (χ0) is 11.1. The van der Waals surface area contributed by atoms with Gasteiger partial charge < -0.3 is 10.6 Å². The number of nitrogens with two attached hydrogens (primary N) is 1. The molecule has 0 saturated heterocycles. The van der Waals surface area contributed by atoms with E-state index in [0.717, 1.165) is 10.6 Å². The second-order valence-electron chi connectivity index (χ2n) is 3.99. The highest BCUT2D eigenvalue weighted by atomic mass is 35.5. The summed E-state index contributed by atoms with van der Waals surface area (Å²) in [4.78, 5) is 6.22. The van der Waals surface area contributed by atoms with Crippen LogP contribution in [0.2, 0.25) is 5.02 Å². The maximum Gasteiger partial charge on any atom is 0.191 e. The molecule has 0 bridgehead atoms. The van der Waals surface area contributed by atoms with Gasteiger partial charge in [0.1, 0.15) is 0 Å². The Morgan fingerprint density at radius 3 is 2.67 bits per heavy atom. The lowest BCUT2D eigenvalue weighted by molar-refractivity contribution is 0.267. The van der Waals surface area contributed by atoms with E-state index in [4.69, 9.17) is 17.3 Å². The SMILES string of the molecule is CN1C(N)=NCC1(C)c1ccccc1Cl. The first-order chi connectivity index (χ1) is 7.05. The van der Waals surface area contributed by atoms with E-state index in [1.165, 1.54) is 0 Å². The molecule has 1 atom stereocenters. The predicted molar refractivity (Wildman–Crippen MR) is 63.1 cm³/mol. The van der Waals surface area contributed by atoms with Crippen LogP contribution in [0.4, 0.5) is 0 Å². The average molecular weight is 224 g/mol. The fourth-order valence-corrected chi connectivity index (χ4v) is 2.20. The van der Waals surface area contributed by atoms with E-state index < -0.39 is 0 Å². The number of aliphatic imine (C=N–C) groups is 1. The van der Waals surface area contributed by atoms with Crippen molar-refractivity contribution in [3.8, 4) is 0 Å². The second-order valence-corrected chi connectivity index (χ2v) is 4.39. The first kappa shape index (κ1) is 10.3. The van der Waals surface area contributed by atoms with Gasteiger partial charge in [0.05, 0.1) is 12.1 Å². The van der Waals surface area contributed by atoms with Crippen molar-refractivity contribution in [1.82, 2.24) is 4.90 Å². The van der Waals surface area contributed by atoms with E-state index in [1.807, 2.05) is 36.2 Å². The molecule has 1 aliphatic rings. The largest absolute Gasteiger partial charge is 0.370 e.